The van der Waals surface area contributed by atoms with E-state index in [4.69, 9.17) is 14.4 Å². The summed E-state index contributed by atoms with van der Waals surface area (Å²) in [5.41, 5.74) is 12.2. The van der Waals surface area contributed by atoms with Crippen LogP contribution in [0, 0.1) is 0 Å². The molecule has 12 aromatic rings. The maximum Gasteiger partial charge on any atom is 0.161 e. The van der Waals surface area contributed by atoms with Crippen LogP contribution in [-0.4, -0.2) is 14.5 Å². The van der Waals surface area contributed by atoms with Crippen molar-refractivity contribution < 1.29 is 4.42 Å². The largest absolute Gasteiger partial charge is 0.456 e. The Bertz CT molecular complexity index is 3470. The minimum atomic E-state index is 0.664. The molecule has 0 radical (unpaired) electrons. The van der Waals surface area contributed by atoms with E-state index in [2.05, 4.69) is 144 Å². The molecule has 0 aliphatic heterocycles. The number of para-hydroxylation sites is 1. The summed E-state index contributed by atoms with van der Waals surface area (Å²) in [5, 5.41) is 7.09. The third kappa shape index (κ3) is 5.13. The topological polar surface area (TPSA) is 43.9 Å². The van der Waals surface area contributed by atoms with E-state index in [1.807, 2.05) is 59.9 Å². The number of furan rings is 1. The van der Waals surface area contributed by atoms with E-state index in [-0.39, 0.29) is 0 Å². The monoisotopic (exact) mass is 745 g/mol. The second-order valence-corrected chi connectivity index (χ2v) is 15.6. The molecule has 0 aliphatic rings. The average molecular weight is 746 g/mol. The second-order valence-electron chi connectivity index (χ2n) is 14.5. The minimum Gasteiger partial charge on any atom is -0.456 e. The highest BCUT2D eigenvalue weighted by Crippen LogP contribution is 2.41. The third-order valence-corrected chi connectivity index (χ3v) is 12.4. The van der Waals surface area contributed by atoms with Gasteiger partial charge in [-0.3, -0.25) is 0 Å². The van der Waals surface area contributed by atoms with E-state index < -0.39 is 0 Å². The molecule has 0 aliphatic carbocycles. The lowest BCUT2D eigenvalue weighted by Crippen LogP contribution is -1.96. The minimum absolute atomic E-state index is 0.664. The normalized spacial score (nSPS) is 11.9. The van der Waals surface area contributed by atoms with Crippen LogP contribution in [0.15, 0.2) is 192 Å². The fraction of sp³-hybridized carbons (Fsp3) is 0. The highest BCUT2D eigenvalue weighted by atomic mass is 32.1. The Labute approximate surface area is 331 Å². The Morgan fingerprint density at radius 3 is 1.84 bits per heavy atom. The maximum absolute atomic E-state index is 6.68. The zero-order chi connectivity index (χ0) is 37.5. The van der Waals surface area contributed by atoms with E-state index in [1.165, 1.54) is 42.1 Å². The number of nitrogens with zero attached hydrogens (tertiary/aromatic N) is 3. The van der Waals surface area contributed by atoms with Crippen LogP contribution in [0.4, 0.5) is 0 Å². The lowest BCUT2D eigenvalue weighted by Gasteiger charge is -2.10. The van der Waals surface area contributed by atoms with Gasteiger partial charge in [0.2, 0.25) is 0 Å². The van der Waals surface area contributed by atoms with Gasteiger partial charge in [-0.25, -0.2) is 9.97 Å². The van der Waals surface area contributed by atoms with E-state index >= 15 is 0 Å². The molecule has 0 spiro atoms. The first-order chi connectivity index (χ1) is 28.2. The van der Waals surface area contributed by atoms with Crippen molar-refractivity contribution in [3.63, 3.8) is 0 Å². The van der Waals surface area contributed by atoms with Crippen molar-refractivity contribution in [2.75, 3.05) is 0 Å². The lowest BCUT2D eigenvalue weighted by molar-refractivity contribution is 0.668. The molecule has 4 nitrogen and oxygen atoms in total. The predicted octanol–water partition coefficient (Wildman–Crippen LogP) is 14.5. The van der Waals surface area contributed by atoms with Gasteiger partial charge < -0.3 is 8.98 Å². The Morgan fingerprint density at radius 2 is 1.05 bits per heavy atom. The summed E-state index contributed by atoms with van der Waals surface area (Å²) in [6.45, 7) is 0. The molecule has 0 atom stereocenters. The quantitative estimate of drug-likeness (QED) is 0.176. The summed E-state index contributed by atoms with van der Waals surface area (Å²) < 4.78 is 11.7. The second kappa shape index (κ2) is 12.6. The van der Waals surface area contributed by atoms with Gasteiger partial charge >= 0.3 is 0 Å². The van der Waals surface area contributed by atoms with E-state index in [0.29, 0.717) is 5.82 Å². The smallest absolute Gasteiger partial charge is 0.161 e. The van der Waals surface area contributed by atoms with Crippen LogP contribution in [0.5, 0.6) is 0 Å². The molecule has 0 amide bonds. The van der Waals surface area contributed by atoms with Crippen molar-refractivity contribution in [2.45, 2.75) is 0 Å². The van der Waals surface area contributed by atoms with Crippen LogP contribution in [0.25, 0.3) is 115 Å². The van der Waals surface area contributed by atoms with Gasteiger partial charge in [-0.1, -0.05) is 121 Å². The number of aromatic nitrogens is 3. The summed E-state index contributed by atoms with van der Waals surface area (Å²) in [6, 6.07) is 66.6. The van der Waals surface area contributed by atoms with Crippen LogP contribution in [0.3, 0.4) is 0 Å². The molecule has 0 unspecified atom stereocenters. The Kier molecular flexibility index (Phi) is 7.06. The number of hydrogen-bond donors (Lipinski definition) is 0. The molecule has 0 saturated heterocycles. The van der Waals surface area contributed by atoms with Gasteiger partial charge in [-0.2, -0.15) is 0 Å². The number of benzene rings is 8. The van der Waals surface area contributed by atoms with Crippen LogP contribution >= 0.6 is 11.3 Å². The first kappa shape index (κ1) is 32.0. The van der Waals surface area contributed by atoms with Gasteiger partial charge in [-0.05, 0) is 71.8 Å². The van der Waals surface area contributed by atoms with Crippen LogP contribution in [-0.2, 0) is 0 Å². The molecule has 4 aromatic heterocycles. The highest BCUT2D eigenvalue weighted by Gasteiger charge is 2.19. The Hall–Kier alpha value is -7.34. The molecule has 5 heteroatoms. The van der Waals surface area contributed by atoms with Gasteiger partial charge in [0.25, 0.3) is 0 Å². The van der Waals surface area contributed by atoms with Gasteiger partial charge in [0.15, 0.2) is 5.82 Å². The van der Waals surface area contributed by atoms with Crippen molar-refractivity contribution in [1.82, 2.24) is 14.5 Å². The summed E-state index contributed by atoms with van der Waals surface area (Å²) in [5.74, 6) is 0.664. The number of hydrogen-bond acceptors (Lipinski definition) is 4. The van der Waals surface area contributed by atoms with Crippen molar-refractivity contribution in [3.8, 4) is 50.7 Å². The standard InChI is InChI=1S/C52H31N3OS/c1-3-12-32(13-4-1)43-31-44(33-14-5-2-6-15-33)54-52(53-43)40-18-11-20-47-51(40)39-25-24-36(30-48(39)56-47)55-45-19-9-7-16-37(45)41-28-34(22-26-46(41)55)35-23-27-50-42(29-35)38-17-8-10-21-49(38)57-50/h1-31H. The Balaban J connectivity index is 1.00. The molecule has 266 valence electrons. The highest BCUT2D eigenvalue weighted by molar-refractivity contribution is 7.25. The fourth-order valence-corrected chi connectivity index (χ4v) is 9.64. The molecule has 4 heterocycles. The summed E-state index contributed by atoms with van der Waals surface area (Å²) in [7, 11) is 0. The van der Waals surface area contributed by atoms with Crippen LogP contribution in [0.1, 0.15) is 0 Å². The van der Waals surface area contributed by atoms with Crippen LogP contribution in [0.2, 0.25) is 0 Å². The maximum atomic E-state index is 6.68. The van der Waals surface area contributed by atoms with E-state index in [0.717, 1.165) is 66.7 Å². The molecule has 57 heavy (non-hydrogen) atoms. The van der Waals surface area contributed by atoms with Gasteiger partial charge in [0.1, 0.15) is 11.2 Å². The van der Waals surface area contributed by atoms with Gasteiger partial charge in [0.05, 0.1) is 22.4 Å². The van der Waals surface area contributed by atoms with Crippen molar-refractivity contribution in [1.29, 1.82) is 0 Å². The zero-order valence-corrected chi connectivity index (χ0v) is 31.4. The summed E-state index contributed by atoms with van der Waals surface area (Å²) >= 11 is 1.85. The summed E-state index contributed by atoms with van der Waals surface area (Å²) in [6.07, 6.45) is 0. The molecule has 12 rings (SSSR count). The van der Waals surface area contributed by atoms with Gasteiger partial charge in [-0.15, -0.1) is 11.3 Å². The van der Waals surface area contributed by atoms with Crippen LogP contribution < -0.4 is 0 Å². The zero-order valence-electron chi connectivity index (χ0n) is 30.6. The molecule has 8 aromatic carbocycles. The lowest BCUT2D eigenvalue weighted by atomic mass is 10.0. The van der Waals surface area contributed by atoms with Gasteiger partial charge in [0, 0.05) is 70.2 Å². The van der Waals surface area contributed by atoms with Crippen molar-refractivity contribution >= 4 is 75.3 Å². The van der Waals surface area contributed by atoms with Crippen molar-refractivity contribution in [2.24, 2.45) is 0 Å². The first-order valence-corrected chi connectivity index (χ1v) is 20.0. The van der Waals surface area contributed by atoms with E-state index in [9.17, 15) is 0 Å². The predicted molar refractivity (Wildman–Crippen MR) is 238 cm³/mol. The SMILES string of the molecule is c1ccc(-c2cc(-c3ccccc3)nc(-c3cccc4oc5cc(-n6c7ccccc7c7cc(-c8ccc9sc%10ccccc%10c9c8)ccc76)ccc5c34)n2)cc1. The number of rotatable bonds is 5. The third-order valence-electron chi connectivity index (χ3n) is 11.2. The molecule has 0 bridgehead atoms. The molecule has 0 fully saturated rings. The summed E-state index contributed by atoms with van der Waals surface area (Å²) in [4.78, 5) is 10.3. The molecular weight excluding hydrogens is 715 g/mol. The molecule has 0 N–H and O–H groups in total. The average Bonchev–Trinajstić information content (AvgIpc) is 3.95. The number of fused-ring (bicyclic) bond motifs is 9. The number of thiophene rings is 1. The molecular formula is C52H31N3OS. The van der Waals surface area contributed by atoms with E-state index in [1.54, 1.807) is 0 Å². The fourth-order valence-electron chi connectivity index (χ4n) is 8.56. The van der Waals surface area contributed by atoms with Crippen molar-refractivity contribution in [3.05, 3.63) is 188 Å². The first-order valence-electron chi connectivity index (χ1n) is 19.1. The molecule has 0 saturated carbocycles. The Morgan fingerprint density at radius 1 is 0.404 bits per heavy atom.